The van der Waals surface area contributed by atoms with Crippen molar-refractivity contribution in [3.8, 4) is 0 Å². The van der Waals surface area contributed by atoms with E-state index in [-0.39, 0.29) is 23.2 Å². The summed E-state index contributed by atoms with van der Waals surface area (Å²) in [6.07, 6.45) is 3.34. The fourth-order valence-electron chi connectivity index (χ4n) is 2.28. The van der Waals surface area contributed by atoms with Crippen molar-refractivity contribution < 1.29 is 14.1 Å². The molecule has 0 saturated heterocycles. The molecule has 2 rings (SSSR count). The fourth-order valence-corrected chi connectivity index (χ4v) is 2.83. The first-order chi connectivity index (χ1) is 11.4. The zero-order valence-corrected chi connectivity index (χ0v) is 14.5. The number of benzene rings is 1. The lowest BCUT2D eigenvalue weighted by molar-refractivity contribution is -0.387. The van der Waals surface area contributed by atoms with E-state index in [9.17, 15) is 14.9 Å². The molecular formula is C16H19N3O4S. The number of amides is 1. The van der Waals surface area contributed by atoms with E-state index in [1.165, 1.54) is 17.8 Å². The molecule has 0 fully saturated rings. The number of thioether (sulfide) groups is 1. The average Bonchev–Trinajstić information content (AvgIpc) is 3.08. The van der Waals surface area contributed by atoms with Crippen LogP contribution in [0.3, 0.4) is 0 Å². The van der Waals surface area contributed by atoms with E-state index in [1.54, 1.807) is 30.7 Å². The van der Waals surface area contributed by atoms with E-state index >= 15 is 0 Å². The van der Waals surface area contributed by atoms with Crippen LogP contribution < -0.4 is 5.32 Å². The molecule has 0 unspecified atom stereocenters. The van der Waals surface area contributed by atoms with E-state index in [2.05, 4.69) is 5.32 Å². The fraction of sp³-hybridized carbons (Fsp3) is 0.312. The second-order valence-corrected chi connectivity index (χ2v) is 6.20. The van der Waals surface area contributed by atoms with Crippen LogP contribution in [0.15, 0.2) is 45.9 Å². The van der Waals surface area contributed by atoms with Gasteiger partial charge in [-0.2, -0.15) is 0 Å². The lowest BCUT2D eigenvalue weighted by Crippen LogP contribution is -2.34. The molecular weight excluding hydrogens is 330 g/mol. The quantitative estimate of drug-likeness (QED) is 0.470. The Morgan fingerprint density at radius 1 is 1.42 bits per heavy atom. The van der Waals surface area contributed by atoms with Gasteiger partial charge in [0.05, 0.1) is 22.1 Å². The van der Waals surface area contributed by atoms with Crippen molar-refractivity contribution in [1.29, 1.82) is 0 Å². The second kappa shape index (κ2) is 7.98. The molecule has 1 amide bonds. The summed E-state index contributed by atoms with van der Waals surface area (Å²) in [7, 11) is 3.77. The molecule has 0 aliphatic rings. The number of furan rings is 1. The summed E-state index contributed by atoms with van der Waals surface area (Å²) in [5.74, 6) is 0.383. The van der Waals surface area contributed by atoms with Gasteiger partial charge < -0.3 is 9.73 Å². The van der Waals surface area contributed by atoms with Crippen LogP contribution in [0.2, 0.25) is 0 Å². The molecule has 0 aliphatic carbocycles. The Hall–Kier alpha value is -2.32. The van der Waals surface area contributed by atoms with Crippen LogP contribution in [-0.2, 0) is 0 Å². The molecule has 1 aromatic carbocycles. The molecule has 0 bridgehead atoms. The first kappa shape index (κ1) is 18.0. The SMILES string of the molecule is CSc1ccc(C(=O)NC[C@@H](c2ccco2)N(C)C)cc1[N+](=O)[O-]. The van der Waals surface area contributed by atoms with Gasteiger partial charge in [-0.15, -0.1) is 11.8 Å². The third-order valence-electron chi connectivity index (χ3n) is 3.59. The van der Waals surface area contributed by atoms with Crippen molar-refractivity contribution in [2.45, 2.75) is 10.9 Å². The predicted octanol–water partition coefficient (Wildman–Crippen LogP) is 2.94. The molecule has 1 aromatic heterocycles. The number of carbonyl (C=O) groups is 1. The maximum atomic E-state index is 12.3. The minimum atomic E-state index is -0.478. The van der Waals surface area contributed by atoms with Gasteiger partial charge in [-0.25, -0.2) is 0 Å². The highest BCUT2D eigenvalue weighted by molar-refractivity contribution is 7.98. The topological polar surface area (TPSA) is 88.6 Å². The number of hydrogen-bond donors (Lipinski definition) is 1. The molecule has 24 heavy (non-hydrogen) atoms. The lowest BCUT2D eigenvalue weighted by atomic mass is 10.1. The van der Waals surface area contributed by atoms with Crippen LogP contribution >= 0.6 is 11.8 Å². The third-order valence-corrected chi connectivity index (χ3v) is 4.37. The summed E-state index contributed by atoms with van der Waals surface area (Å²) < 4.78 is 5.39. The molecule has 7 nitrogen and oxygen atoms in total. The zero-order valence-electron chi connectivity index (χ0n) is 13.7. The number of rotatable bonds is 7. The van der Waals surface area contributed by atoms with Crippen molar-refractivity contribution in [1.82, 2.24) is 10.2 Å². The summed E-state index contributed by atoms with van der Waals surface area (Å²) >= 11 is 1.27. The summed E-state index contributed by atoms with van der Waals surface area (Å²) in [5, 5.41) is 13.9. The highest BCUT2D eigenvalue weighted by atomic mass is 32.2. The standard InChI is InChI=1S/C16H19N3O4S/c1-18(2)13(14-5-4-8-23-14)10-17-16(20)11-6-7-15(24-3)12(9-11)19(21)22/h4-9,13H,10H2,1-3H3,(H,17,20)/t13-/m0/s1. The first-order valence-corrected chi connectivity index (χ1v) is 8.47. The van der Waals surface area contributed by atoms with Crippen LogP contribution in [0.4, 0.5) is 5.69 Å². The molecule has 0 spiro atoms. The number of nitro groups is 1. The molecule has 1 atom stereocenters. The molecule has 1 N–H and O–H groups in total. The van der Waals surface area contributed by atoms with Crippen LogP contribution in [0.5, 0.6) is 0 Å². The Labute approximate surface area is 144 Å². The van der Waals surface area contributed by atoms with Crippen molar-refractivity contribution in [2.75, 3.05) is 26.9 Å². The highest BCUT2D eigenvalue weighted by Gasteiger charge is 2.20. The number of nitro benzene ring substituents is 1. The summed E-state index contributed by atoms with van der Waals surface area (Å²) in [5.41, 5.74) is 0.196. The molecule has 0 saturated carbocycles. The number of hydrogen-bond acceptors (Lipinski definition) is 6. The molecule has 0 radical (unpaired) electrons. The Morgan fingerprint density at radius 2 is 2.17 bits per heavy atom. The summed E-state index contributed by atoms with van der Waals surface area (Å²) in [4.78, 5) is 25.4. The van der Waals surface area contributed by atoms with Gasteiger partial charge in [0.1, 0.15) is 5.76 Å². The van der Waals surface area contributed by atoms with Crippen LogP contribution in [0.25, 0.3) is 0 Å². The minimum absolute atomic E-state index is 0.0645. The monoisotopic (exact) mass is 349 g/mol. The highest BCUT2D eigenvalue weighted by Crippen LogP contribution is 2.28. The first-order valence-electron chi connectivity index (χ1n) is 7.24. The van der Waals surface area contributed by atoms with E-state index in [0.29, 0.717) is 11.4 Å². The second-order valence-electron chi connectivity index (χ2n) is 5.35. The number of likely N-dealkylation sites (N-methyl/N-ethyl adjacent to an activating group) is 1. The Morgan fingerprint density at radius 3 is 2.71 bits per heavy atom. The van der Waals surface area contributed by atoms with Crippen LogP contribution in [0, 0.1) is 10.1 Å². The van der Waals surface area contributed by atoms with E-state index in [4.69, 9.17) is 4.42 Å². The van der Waals surface area contributed by atoms with E-state index in [0.717, 1.165) is 5.76 Å². The molecule has 2 aromatic rings. The van der Waals surface area contributed by atoms with Crippen LogP contribution in [0.1, 0.15) is 22.2 Å². The molecule has 8 heteroatoms. The van der Waals surface area contributed by atoms with Gasteiger partial charge in [0.25, 0.3) is 11.6 Å². The Kier molecular flexibility index (Phi) is 5.99. The summed E-state index contributed by atoms with van der Waals surface area (Å²) in [6, 6.07) is 8.00. The van der Waals surface area contributed by atoms with Gasteiger partial charge in [0.2, 0.25) is 0 Å². The number of nitrogens with one attached hydrogen (secondary N) is 1. The van der Waals surface area contributed by atoms with Crippen molar-refractivity contribution >= 4 is 23.4 Å². The lowest BCUT2D eigenvalue weighted by Gasteiger charge is -2.22. The minimum Gasteiger partial charge on any atom is -0.468 e. The van der Waals surface area contributed by atoms with Gasteiger partial charge in [0.15, 0.2) is 0 Å². The molecule has 128 valence electrons. The normalized spacial score (nSPS) is 12.2. The van der Waals surface area contributed by atoms with Gasteiger partial charge in [-0.1, -0.05) is 0 Å². The summed E-state index contributed by atoms with van der Waals surface area (Å²) in [6.45, 7) is 0.331. The van der Waals surface area contributed by atoms with Gasteiger partial charge in [0, 0.05) is 18.2 Å². The maximum absolute atomic E-state index is 12.3. The number of carbonyl (C=O) groups excluding carboxylic acids is 1. The van der Waals surface area contributed by atoms with Gasteiger partial charge in [-0.05, 0) is 44.6 Å². The predicted molar refractivity (Wildman–Crippen MR) is 92.3 cm³/mol. The Bertz CT molecular complexity index is 716. The smallest absolute Gasteiger partial charge is 0.283 e. The van der Waals surface area contributed by atoms with Crippen molar-refractivity contribution in [3.63, 3.8) is 0 Å². The van der Waals surface area contributed by atoms with Crippen molar-refractivity contribution in [2.24, 2.45) is 0 Å². The van der Waals surface area contributed by atoms with E-state index < -0.39 is 4.92 Å². The zero-order chi connectivity index (χ0) is 17.7. The van der Waals surface area contributed by atoms with Gasteiger partial charge >= 0.3 is 0 Å². The van der Waals surface area contributed by atoms with E-state index in [1.807, 2.05) is 25.1 Å². The Balaban J connectivity index is 2.12. The largest absolute Gasteiger partial charge is 0.468 e. The van der Waals surface area contributed by atoms with Gasteiger partial charge in [-0.3, -0.25) is 19.8 Å². The average molecular weight is 349 g/mol. The van der Waals surface area contributed by atoms with Crippen LogP contribution in [-0.4, -0.2) is 42.6 Å². The maximum Gasteiger partial charge on any atom is 0.283 e. The number of nitrogens with zero attached hydrogens (tertiary/aromatic N) is 2. The van der Waals surface area contributed by atoms with Crippen molar-refractivity contribution in [3.05, 3.63) is 58.0 Å². The molecule has 0 aliphatic heterocycles. The third kappa shape index (κ3) is 4.15. The molecule has 1 heterocycles.